The standard InChI is InChI=1S/C20H18N4O3S/c1-3-27-14-8-6-13(7-9-14)23-18(25)12(2)24-11-22-16-15-5-4-10-21-19(15)28-17(16)20(24)26/h4-12H,3H2,1-2H3,(H,23,25)/t12-/m0/s1. The van der Waals surface area contributed by atoms with Crippen molar-refractivity contribution in [1.29, 1.82) is 0 Å². The van der Waals surface area contributed by atoms with Gasteiger partial charge in [0.1, 0.15) is 21.3 Å². The molecule has 4 rings (SSSR count). The van der Waals surface area contributed by atoms with Crippen LogP contribution in [0.4, 0.5) is 5.69 Å². The van der Waals surface area contributed by atoms with Crippen LogP contribution in [-0.2, 0) is 4.79 Å². The summed E-state index contributed by atoms with van der Waals surface area (Å²) in [5.41, 5.74) is 1.00. The van der Waals surface area contributed by atoms with Crippen molar-refractivity contribution in [3.05, 3.63) is 59.3 Å². The lowest BCUT2D eigenvalue weighted by Gasteiger charge is -2.15. The maximum absolute atomic E-state index is 12.9. The molecule has 0 saturated carbocycles. The Morgan fingerprint density at radius 1 is 1.25 bits per heavy atom. The smallest absolute Gasteiger partial charge is 0.272 e. The number of aromatic nitrogens is 3. The summed E-state index contributed by atoms with van der Waals surface area (Å²) in [5.74, 6) is 0.435. The van der Waals surface area contributed by atoms with E-state index in [1.807, 2.05) is 19.1 Å². The second-order valence-corrected chi connectivity index (χ2v) is 7.21. The Bertz CT molecular complexity index is 1210. The molecule has 0 aliphatic rings. The molecule has 1 aromatic carbocycles. The van der Waals surface area contributed by atoms with E-state index in [-0.39, 0.29) is 11.5 Å². The van der Waals surface area contributed by atoms with Gasteiger partial charge in [0, 0.05) is 17.3 Å². The second kappa shape index (κ2) is 7.40. The van der Waals surface area contributed by atoms with Crippen LogP contribution >= 0.6 is 11.3 Å². The lowest BCUT2D eigenvalue weighted by Crippen LogP contribution is -2.31. The van der Waals surface area contributed by atoms with Crippen LogP contribution in [0.3, 0.4) is 0 Å². The fourth-order valence-corrected chi connectivity index (χ4v) is 3.97. The molecule has 0 aliphatic carbocycles. The molecule has 1 amide bonds. The summed E-state index contributed by atoms with van der Waals surface area (Å²) < 4.78 is 7.24. The number of amides is 1. The van der Waals surface area contributed by atoms with Gasteiger partial charge in [-0.05, 0) is 50.2 Å². The molecule has 0 spiro atoms. The van der Waals surface area contributed by atoms with Crippen molar-refractivity contribution in [2.24, 2.45) is 0 Å². The van der Waals surface area contributed by atoms with Gasteiger partial charge in [-0.2, -0.15) is 0 Å². The van der Waals surface area contributed by atoms with E-state index >= 15 is 0 Å². The van der Waals surface area contributed by atoms with Crippen molar-refractivity contribution in [2.45, 2.75) is 19.9 Å². The fraction of sp³-hybridized carbons (Fsp3) is 0.200. The van der Waals surface area contributed by atoms with Gasteiger partial charge >= 0.3 is 0 Å². The van der Waals surface area contributed by atoms with Crippen LogP contribution < -0.4 is 15.6 Å². The van der Waals surface area contributed by atoms with Crippen molar-refractivity contribution in [3.63, 3.8) is 0 Å². The highest BCUT2D eigenvalue weighted by atomic mass is 32.1. The number of hydrogen-bond donors (Lipinski definition) is 1. The van der Waals surface area contributed by atoms with Crippen LogP contribution in [-0.4, -0.2) is 27.0 Å². The normalized spacial score (nSPS) is 12.2. The lowest BCUT2D eigenvalue weighted by atomic mass is 10.2. The first-order chi connectivity index (χ1) is 13.6. The zero-order valence-corrected chi connectivity index (χ0v) is 16.2. The molecule has 7 nitrogen and oxygen atoms in total. The first-order valence-electron chi connectivity index (χ1n) is 8.86. The number of rotatable bonds is 5. The van der Waals surface area contributed by atoms with Gasteiger partial charge in [-0.3, -0.25) is 14.2 Å². The van der Waals surface area contributed by atoms with Crippen LogP contribution in [0.2, 0.25) is 0 Å². The SMILES string of the molecule is CCOc1ccc(NC(=O)[C@H](C)n2cnc3c(sc4ncccc43)c2=O)cc1. The highest BCUT2D eigenvalue weighted by molar-refractivity contribution is 7.25. The number of carbonyl (C=O) groups excluding carboxylic acids is 1. The van der Waals surface area contributed by atoms with Gasteiger partial charge in [0.15, 0.2) is 0 Å². The highest BCUT2D eigenvalue weighted by Gasteiger charge is 2.20. The summed E-state index contributed by atoms with van der Waals surface area (Å²) in [6, 6.07) is 10.1. The summed E-state index contributed by atoms with van der Waals surface area (Å²) in [6.45, 7) is 4.16. The Morgan fingerprint density at radius 2 is 2.04 bits per heavy atom. The van der Waals surface area contributed by atoms with Crippen molar-refractivity contribution in [1.82, 2.24) is 14.5 Å². The van der Waals surface area contributed by atoms with Crippen LogP contribution in [0.1, 0.15) is 19.9 Å². The predicted octanol–water partition coefficient (Wildman–Crippen LogP) is 3.60. The minimum Gasteiger partial charge on any atom is -0.494 e. The zero-order chi connectivity index (χ0) is 19.7. The molecule has 8 heteroatoms. The van der Waals surface area contributed by atoms with Gasteiger partial charge in [0.05, 0.1) is 18.5 Å². The third-order valence-electron chi connectivity index (χ3n) is 4.41. The maximum Gasteiger partial charge on any atom is 0.272 e. The number of anilines is 1. The molecule has 28 heavy (non-hydrogen) atoms. The lowest BCUT2D eigenvalue weighted by molar-refractivity contribution is -0.118. The summed E-state index contributed by atoms with van der Waals surface area (Å²) >= 11 is 1.29. The van der Waals surface area contributed by atoms with Gasteiger partial charge < -0.3 is 10.1 Å². The summed E-state index contributed by atoms with van der Waals surface area (Å²) in [7, 11) is 0. The molecule has 0 bridgehead atoms. The molecule has 3 heterocycles. The predicted molar refractivity (Wildman–Crippen MR) is 110 cm³/mol. The van der Waals surface area contributed by atoms with Crippen molar-refractivity contribution >= 4 is 43.4 Å². The number of carbonyl (C=O) groups is 1. The van der Waals surface area contributed by atoms with Gasteiger partial charge in [-0.15, -0.1) is 11.3 Å². The Kier molecular flexibility index (Phi) is 4.79. The van der Waals surface area contributed by atoms with Crippen LogP contribution in [0.25, 0.3) is 20.4 Å². The molecule has 1 N–H and O–H groups in total. The molecule has 3 aromatic heterocycles. The number of benzene rings is 1. The molecule has 142 valence electrons. The van der Waals surface area contributed by atoms with E-state index in [0.717, 1.165) is 16.0 Å². The number of thiophene rings is 1. The highest BCUT2D eigenvalue weighted by Crippen LogP contribution is 2.28. The molecule has 1 atom stereocenters. The summed E-state index contributed by atoms with van der Waals surface area (Å²) in [6.07, 6.45) is 3.11. The van der Waals surface area contributed by atoms with E-state index < -0.39 is 6.04 Å². The zero-order valence-electron chi connectivity index (χ0n) is 15.4. The molecular weight excluding hydrogens is 376 g/mol. The number of hydrogen-bond acceptors (Lipinski definition) is 6. The third-order valence-corrected chi connectivity index (χ3v) is 5.50. The first kappa shape index (κ1) is 18.1. The number of ether oxygens (including phenoxy) is 1. The largest absolute Gasteiger partial charge is 0.494 e. The Labute approximate surface area is 164 Å². The van der Waals surface area contributed by atoms with Crippen LogP contribution in [0.5, 0.6) is 5.75 Å². The molecule has 0 unspecified atom stereocenters. The molecule has 4 aromatic rings. The van der Waals surface area contributed by atoms with E-state index in [2.05, 4.69) is 15.3 Å². The number of nitrogens with zero attached hydrogens (tertiary/aromatic N) is 3. The summed E-state index contributed by atoms with van der Waals surface area (Å²) in [5, 5.41) is 3.67. The van der Waals surface area contributed by atoms with Crippen molar-refractivity contribution < 1.29 is 9.53 Å². The van der Waals surface area contributed by atoms with Crippen molar-refractivity contribution in [3.8, 4) is 5.75 Å². The average molecular weight is 394 g/mol. The Balaban J connectivity index is 1.61. The van der Waals surface area contributed by atoms with Gasteiger partial charge in [-0.25, -0.2) is 9.97 Å². The monoisotopic (exact) mass is 394 g/mol. The second-order valence-electron chi connectivity index (χ2n) is 6.22. The quantitative estimate of drug-likeness (QED) is 0.559. The number of nitrogens with one attached hydrogen (secondary N) is 1. The summed E-state index contributed by atoms with van der Waals surface area (Å²) in [4.78, 5) is 35.0. The maximum atomic E-state index is 12.9. The van der Waals surface area contributed by atoms with Crippen LogP contribution in [0.15, 0.2) is 53.7 Å². The third kappa shape index (κ3) is 3.22. The number of fused-ring (bicyclic) bond motifs is 3. The Hall–Kier alpha value is -3.26. The van der Waals surface area contributed by atoms with Crippen LogP contribution in [0, 0.1) is 0 Å². The average Bonchev–Trinajstić information content (AvgIpc) is 3.09. The van der Waals surface area contributed by atoms with E-state index in [0.29, 0.717) is 22.5 Å². The molecule has 0 radical (unpaired) electrons. The van der Waals surface area contributed by atoms with E-state index in [1.165, 1.54) is 22.2 Å². The fourth-order valence-electron chi connectivity index (χ4n) is 2.93. The van der Waals surface area contributed by atoms with E-state index in [1.54, 1.807) is 37.4 Å². The van der Waals surface area contributed by atoms with Gasteiger partial charge in [0.2, 0.25) is 5.91 Å². The topological polar surface area (TPSA) is 86.1 Å². The molecular formula is C20H18N4O3S. The van der Waals surface area contributed by atoms with E-state index in [9.17, 15) is 9.59 Å². The molecule has 0 aliphatic heterocycles. The van der Waals surface area contributed by atoms with Gasteiger partial charge in [0.25, 0.3) is 5.56 Å². The minimum absolute atomic E-state index is 0.248. The van der Waals surface area contributed by atoms with Crippen molar-refractivity contribution in [2.75, 3.05) is 11.9 Å². The molecule has 0 fully saturated rings. The van der Waals surface area contributed by atoms with Gasteiger partial charge in [-0.1, -0.05) is 0 Å². The minimum atomic E-state index is -0.714. The molecule has 0 saturated heterocycles. The Morgan fingerprint density at radius 3 is 2.79 bits per heavy atom. The van der Waals surface area contributed by atoms with E-state index in [4.69, 9.17) is 4.74 Å². The first-order valence-corrected chi connectivity index (χ1v) is 9.68. The number of pyridine rings is 1.